The molecule has 1 N–H and O–H groups in total. The molecule has 6 nitrogen and oxygen atoms in total. The normalized spacial score (nSPS) is 18.5. The molecule has 0 spiro atoms. The molecule has 1 aliphatic rings. The molecule has 1 aromatic carbocycles. The van der Waals surface area contributed by atoms with E-state index in [4.69, 9.17) is 4.52 Å². The zero-order chi connectivity index (χ0) is 17.1. The lowest BCUT2D eigenvalue weighted by molar-refractivity contribution is -0.117. The maximum absolute atomic E-state index is 12.4. The van der Waals surface area contributed by atoms with Crippen molar-refractivity contribution in [3.63, 3.8) is 0 Å². The van der Waals surface area contributed by atoms with Crippen molar-refractivity contribution in [1.29, 1.82) is 0 Å². The van der Waals surface area contributed by atoms with Crippen LogP contribution >= 0.6 is 0 Å². The number of anilines is 1. The minimum Gasteiger partial charge on any atom is -0.339 e. The first kappa shape index (κ1) is 16.6. The van der Waals surface area contributed by atoms with Crippen molar-refractivity contribution in [1.82, 2.24) is 15.0 Å². The molecule has 0 saturated carbocycles. The third-order valence-electron chi connectivity index (χ3n) is 4.51. The van der Waals surface area contributed by atoms with Gasteiger partial charge in [-0.05, 0) is 51.3 Å². The summed E-state index contributed by atoms with van der Waals surface area (Å²) in [5.41, 5.74) is 3.09. The van der Waals surface area contributed by atoms with Crippen molar-refractivity contribution in [3.05, 3.63) is 41.0 Å². The van der Waals surface area contributed by atoms with E-state index in [1.54, 1.807) is 0 Å². The Hall–Kier alpha value is -2.21. The SMILES string of the molecule is Cc1noc(C2CCCN(CC(=O)Nc3c(C)cccc3C)C2)n1. The van der Waals surface area contributed by atoms with Gasteiger partial charge in [-0.1, -0.05) is 23.4 Å². The Morgan fingerprint density at radius 3 is 2.75 bits per heavy atom. The number of nitrogens with zero attached hydrogens (tertiary/aromatic N) is 3. The number of rotatable bonds is 4. The van der Waals surface area contributed by atoms with Crippen LogP contribution in [0.1, 0.15) is 41.6 Å². The van der Waals surface area contributed by atoms with E-state index in [9.17, 15) is 4.79 Å². The minimum absolute atomic E-state index is 0.0229. The molecule has 1 fully saturated rings. The van der Waals surface area contributed by atoms with Gasteiger partial charge in [0.15, 0.2) is 5.82 Å². The van der Waals surface area contributed by atoms with Crippen LogP contribution in [0.3, 0.4) is 0 Å². The molecule has 1 saturated heterocycles. The lowest BCUT2D eigenvalue weighted by Crippen LogP contribution is -2.40. The molecular formula is C18H24N4O2. The van der Waals surface area contributed by atoms with Crippen LogP contribution in [0.15, 0.2) is 22.7 Å². The maximum Gasteiger partial charge on any atom is 0.238 e. The molecule has 1 aliphatic heterocycles. The number of carbonyl (C=O) groups is 1. The predicted octanol–water partition coefficient (Wildman–Crippen LogP) is 2.81. The monoisotopic (exact) mass is 328 g/mol. The third kappa shape index (κ3) is 3.82. The number of hydrogen-bond acceptors (Lipinski definition) is 5. The van der Waals surface area contributed by atoms with Crippen molar-refractivity contribution in [2.24, 2.45) is 0 Å². The summed E-state index contributed by atoms with van der Waals surface area (Å²) in [6, 6.07) is 6.02. The fourth-order valence-electron chi connectivity index (χ4n) is 3.27. The first-order valence-corrected chi connectivity index (χ1v) is 8.41. The van der Waals surface area contributed by atoms with Crippen LogP contribution in [0.4, 0.5) is 5.69 Å². The van der Waals surface area contributed by atoms with Crippen molar-refractivity contribution in [2.75, 3.05) is 25.0 Å². The average molecular weight is 328 g/mol. The number of likely N-dealkylation sites (tertiary alicyclic amines) is 1. The Kier molecular flexibility index (Phi) is 4.94. The number of benzene rings is 1. The van der Waals surface area contributed by atoms with Crippen LogP contribution in [-0.2, 0) is 4.79 Å². The van der Waals surface area contributed by atoms with Crippen LogP contribution < -0.4 is 5.32 Å². The molecular weight excluding hydrogens is 304 g/mol. The topological polar surface area (TPSA) is 71.3 Å². The van der Waals surface area contributed by atoms with E-state index in [2.05, 4.69) is 20.4 Å². The first-order valence-electron chi connectivity index (χ1n) is 8.41. The van der Waals surface area contributed by atoms with Gasteiger partial charge >= 0.3 is 0 Å². The molecule has 2 heterocycles. The van der Waals surface area contributed by atoms with Gasteiger partial charge < -0.3 is 9.84 Å². The van der Waals surface area contributed by atoms with Gasteiger partial charge in [0.1, 0.15) is 0 Å². The van der Waals surface area contributed by atoms with E-state index >= 15 is 0 Å². The summed E-state index contributed by atoms with van der Waals surface area (Å²) in [5, 5.41) is 6.92. The molecule has 6 heteroatoms. The number of aromatic nitrogens is 2. The van der Waals surface area contributed by atoms with Crippen molar-refractivity contribution < 1.29 is 9.32 Å². The minimum atomic E-state index is 0.0229. The molecule has 1 unspecified atom stereocenters. The van der Waals surface area contributed by atoms with Crippen molar-refractivity contribution in [2.45, 2.75) is 39.5 Å². The number of nitrogens with one attached hydrogen (secondary N) is 1. The van der Waals surface area contributed by atoms with Gasteiger partial charge in [0.25, 0.3) is 0 Å². The molecule has 3 rings (SSSR count). The summed E-state index contributed by atoms with van der Waals surface area (Å²) >= 11 is 0. The fraction of sp³-hybridized carbons (Fsp3) is 0.500. The van der Waals surface area contributed by atoms with Gasteiger partial charge in [0.05, 0.1) is 12.5 Å². The fourth-order valence-corrected chi connectivity index (χ4v) is 3.27. The Morgan fingerprint density at radius 2 is 2.08 bits per heavy atom. The number of piperidine rings is 1. The van der Waals surface area contributed by atoms with Gasteiger partial charge in [0.2, 0.25) is 11.8 Å². The third-order valence-corrected chi connectivity index (χ3v) is 4.51. The number of amides is 1. The Morgan fingerprint density at radius 1 is 1.33 bits per heavy atom. The summed E-state index contributed by atoms with van der Waals surface area (Å²) in [4.78, 5) is 18.9. The molecule has 0 radical (unpaired) electrons. The van der Waals surface area contributed by atoms with E-state index in [1.165, 1.54) is 0 Å². The van der Waals surface area contributed by atoms with Crippen LogP contribution in [0.2, 0.25) is 0 Å². The summed E-state index contributed by atoms with van der Waals surface area (Å²) in [6.07, 6.45) is 2.05. The molecule has 2 aromatic rings. The van der Waals surface area contributed by atoms with Crippen LogP contribution in [0.25, 0.3) is 0 Å². The van der Waals surface area contributed by atoms with E-state index < -0.39 is 0 Å². The smallest absolute Gasteiger partial charge is 0.238 e. The van der Waals surface area contributed by atoms with Crippen molar-refractivity contribution in [3.8, 4) is 0 Å². The van der Waals surface area contributed by atoms with E-state index in [0.717, 1.165) is 42.7 Å². The Balaban J connectivity index is 1.60. The maximum atomic E-state index is 12.4. The van der Waals surface area contributed by atoms with E-state index in [1.807, 2.05) is 39.0 Å². The molecule has 128 valence electrons. The molecule has 1 amide bonds. The van der Waals surface area contributed by atoms with E-state index in [0.29, 0.717) is 18.3 Å². The van der Waals surface area contributed by atoms with Gasteiger partial charge in [-0.25, -0.2) is 0 Å². The molecule has 0 aliphatic carbocycles. The summed E-state index contributed by atoms with van der Waals surface area (Å²) in [5.74, 6) is 1.59. The lowest BCUT2D eigenvalue weighted by atomic mass is 9.98. The van der Waals surface area contributed by atoms with Crippen LogP contribution in [-0.4, -0.2) is 40.6 Å². The van der Waals surface area contributed by atoms with Gasteiger partial charge in [-0.3, -0.25) is 9.69 Å². The lowest BCUT2D eigenvalue weighted by Gasteiger charge is -2.30. The standard InChI is InChI=1S/C18H24N4O2/c1-12-6-4-7-13(2)17(12)20-16(23)11-22-9-5-8-15(10-22)18-19-14(3)21-24-18/h4,6-7,15H,5,8-11H2,1-3H3,(H,20,23). The highest BCUT2D eigenvalue weighted by Gasteiger charge is 2.26. The average Bonchev–Trinajstić information content (AvgIpc) is 2.98. The van der Waals surface area contributed by atoms with E-state index in [-0.39, 0.29) is 11.8 Å². The number of hydrogen-bond donors (Lipinski definition) is 1. The van der Waals surface area contributed by atoms with Crippen molar-refractivity contribution >= 4 is 11.6 Å². The first-order chi connectivity index (χ1) is 11.5. The largest absolute Gasteiger partial charge is 0.339 e. The molecule has 24 heavy (non-hydrogen) atoms. The zero-order valence-electron chi connectivity index (χ0n) is 14.5. The van der Waals surface area contributed by atoms with Crippen LogP contribution in [0, 0.1) is 20.8 Å². The van der Waals surface area contributed by atoms with Gasteiger partial charge in [0, 0.05) is 12.2 Å². The highest BCUT2D eigenvalue weighted by atomic mass is 16.5. The van der Waals surface area contributed by atoms with Crippen LogP contribution in [0.5, 0.6) is 0 Å². The second-order valence-electron chi connectivity index (χ2n) is 6.57. The number of para-hydroxylation sites is 1. The zero-order valence-corrected chi connectivity index (χ0v) is 14.5. The number of aryl methyl sites for hydroxylation is 3. The number of carbonyl (C=O) groups excluding carboxylic acids is 1. The quantitative estimate of drug-likeness (QED) is 0.934. The molecule has 0 bridgehead atoms. The molecule has 1 aromatic heterocycles. The Labute approximate surface area is 142 Å². The van der Waals surface area contributed by atoms with Gasteiger partial charge in [-0.2, -0.15) is 4.98 Å². The second kappa shape index (κ2) is 7.13. The predicted molar refractivity (Wildman–Crippen MR) is 92.0 cm³/mol. The Bertz CT molecular complexity index is 705. The summed E-state index contributed by atoms with van der Waals surface area (Å²) < 4.78 is 5.30. The highest BCUT2D eigenvalue weighted by Crippen LogP contribution is 2.25. The molecule has 1 atom stereocenters. The summed E-state index contributed by atoms with van der Waals surface area (Å²) in [6.45, 7) is 7.93. The highest BCUT2D eigenvalue weighted by molar-refractivity contribution is 5.93. The van der Waals surface area contributed by atoms with Gasteiger partial charge in [-0.15, -0.1) is 0 Å². The summed E-state index contributed by atoms with van der Waals surface area (Å²) in [7, 11) is 0. The second-order valence-corrected chi connectivity index (χ2v) is 6.57.